The summed E-state index contributed by atoms with van der Waals surface area (Å²) < 4.78 is 0. The fourth-order valence-corrected chi connectivity index (χ4v) is 3.62. The van der Waals surface area contributed by atoms with Crippen LogP contribution in [0, 0.1) is 0 Å². The van der Waals surface area contributed by atoms with E-state index >= 15 is 0 Å². The van der Waals surface area contributed by atoms with Crippen molar-refractivity contribution in [1.29, 1.82) is 0 Å². The molecule has 0 aliphatic heterocycles. The number of nitrogens with one attached hydrogen (secondary N) is 1. The van der Waals surface area contributed by atoms with Gasteiger partial charge in [0.15, 0.2) is 0 Å². The molecule has 0 heterocycles. The van der Waals surface area contributed by atoms with E-state index in [2.05, 4.69) is 5.32 Å². The van der Waals surface area contributed by atoms with E-state index < -0.39 is 0 Å². The predicted octanol–water partition coefficient (Wildman–Crippen LogP) is 4.73. The number of amides is 2. The van der Waals surface area contributed by atoms with Crippen molar-refractivity contribution in [2.24, 2.45) is 0 Å². The van der Waals surface area contributed by atoms with Crippen molar-refractivity contribution in [3.05, 3.63) is 65.7 Å². The van der Waals surface area contributed by atoms with Crippen LogP contribution < -0.4 is 5.32 Å². The van der Waals surface area contributed by atoms with Gasteiger partial charge in [-0.05, 0) is 56.2 Å². The van der Waals surface area contributed by atoms with Crippen LogP contribution in [0.1, 0.15) is 59.7 Å². The van der Waals surface area contributed by atoms with Crippen molar-refractivity contribution in [3.8, 4) is 0 Å². The minimum atomic E-state index is -0.151. The average molecular weight is 350 g/mol. The maximum absolute atomic E-state index is 12.9. The Hall–Kier alpha value is -2.62. The molecule has 4 nitrogen and oxygen atoms in total. The first kappa shape index (κ1) is 18.2. The largest absolute Gasteiger partial charge is 0.336 e. The molecule has 0 saturated heterocycles. The molecule has 0 atom stereocenters. The Labute approximate surface area is 155 Å². The Morgan fingerprint density at radius 1 is 0.923 bits per heavy atom. The van der Waals surface area contributed by atoms with E-state index in [4.69, 9.17) is 0 Å². The van der Waals surface area contributed by atoms with E-state index in [-0.39, 0.29) is 11.8 Å². The fourth-order valence-electron chi connectivity index (χ4n) is 3.62. The molecule has 136 valence electrons. The summed E-state index contributed by atoms with van der Waals surface area (Å²) in [5, 5.41) is 2.87. The minimum Gasteiger partial charge on any atom is -0.336 e. The molecule has 3 rings (SSSR count). The van der Waals surface area contributed by atoms with Gasteiger partial charge >= 0.3 is 0 Å². The molecule has 2 amide bonds. The second kappa shape index (κ2) is 8.65. The monoisotopic (exact) mass is 350 g/mol. The number of hydrogen-bond acceptors (Lipinski definition) is 2. The molecule has 1 saturated carbocycles. The lowest BCUT2D eigenvalue weighted by Gasteiger charge is -2.33. The number of rotatable bonds is 5. The number of hydrogen-bond donors (Lipinski definition) is 1. The molecule has 2 aromatic rings. The Bertz CT molecular complexity index is 734. The zero-order valence-corrected chi connectivity index (χ0v) is 15.3. The molecule has 1 aliphatic carbocycles. The average Bonchev–Trinajstić information content (AvgIpc) is 2.70. The molecule has 2 aromatic carbocycles. The van der Waals surface area contributed by atoms with E-state index in [1.807, 2.05) is 30.0 Å². The maximum Gasteiger partial charge on any atom is 0.255 e. The molecule has 0 radical (unpaired) electrons. The summed E-state index contributed by atoms with van der Waals surface area (Å²) in [6.45, 7) is 2.77. The Morgan fingerprint density at radius 2 is 1.58 bits per heavy atom. The van der Waals surface area contributed by atoms with Crippen molar-refractivity contribution >= 4 is 17.5 Å². The second-order valence-corrected chi connectivity index (χ2v) is 6.78. The van der Waals surface area contributed by atoms with Crippen LogP contribution in [0.4, 0.5) is 5.69 Å². The standard InChI is InChI=1S/C22H26N2O2/c1-2-24(20-11-7-4-8-12-20)22(26)18-13-15-19(16-14-18)23-21(25)17-9-5-3-6-10-17/h3,5-6,9-10,13-16,20H,2,4,7-8,11-12H2,1H3,(H,23,25). The van der Waals surface area contributed by atoms with Crippen LogP contribution in [0.15, 0.2) is 54.6 Å². The van der Waals surface area contributed by atoms with Crippen molar-refractivity contribution < 1.29 is 9.59 Å². The molecule has 4 heteroatoms. The van der Waals surface area contributed by atoms with Crippen LogP contribution in [-0.2, 0) is 0 Å². The zero-order chi connectivity index (χ0) is 18.4. The molecule has 0 aromatic heterocycles. The summed E-state index contributed by atoms with van der Waals surface area (Å²) in [5.74, 6) is -0.0672. The van der Waals surface area contributed by atoms with E-state index in [1.165, 1.54) is 19.3 Å². The molecule has 0 bridgehead atoms. The lowest BCUT2D eigenvalue weighted by Crippen LogP contribution is -2.41. The van der Waals surface area contributed by atoms with Gasteiger partial charge in [0.2, 0.25) is 0 Å². The highest BCUT2D eigenvalue weighted by molar-refractivity contribution is 6.04. The fraction of sp³-hybridized carbons (Fsp3) is 0.364. The lowest BCUT2D eigenvalue weighted by molar-refractivity contribution is 0.0648. The maximum atomic E-state index is 12.9. The van der Waals surface area contributed by atoms with Crippen LogP contribution in [0.5, 0.6) is 0 Å². The predicted molar refractivity (Wildman–Crippen MR) is 104 cm³/mol. The van der Waals surface area contributed by atoms with Crippen LogP contribution in [0.3, 0.4) is 0 Å². The number of anilines is 1. The van der Waals surface area contributed by atoms with Gasteiger partial charge in [-0.3, -0.25) is 9.59 Å². The molecular formula is C22H26N2O2. The quantitative estimate of drug-likeness (QED) is 0.847. The van der Waals surface area contributed by atoms with Gasteiger partial charge in [0.05, 0.1) is 0 Å². The van der Waals surface area contributed by atoms with Crippen molar-refractivity contribution in [2.75, 3.05) is 11.9 Å². The van der Waals surface area contributed by atoms with Gasteiger partial charge in [-0.2, -0.15) is 0 Å². The highest BCUT2D eigenvalue weighted by atomic mass is 16.2. The van der Waals surface area contributed by atoms with Crippen LogP contribution in [-0.4, -0.2) is 29.3 Å². The van der Waals surface area contributed by atoms with Gasteiger partial charge in [0.1, 0.15) is 0 Å². The highest BCUT2D eigenvalue weighted by Crippen LogP contribution is 2.24. The molecule has 1 fully saturated rings. The Balaban J connectivity index is 1.66. The van der Waals surface area contributed by atoms with Gasteiger partial charge in [-0.1, -0.05) is 37.5 Å². The number of nitrogens with zero attached hydrogens (tertiary/aromatic N) is 1. The Morgan fingerprint density at radius 3 is 2.19 bits per heavy atom. The first-order chi connectivity index (χ1) is 12.7. The van der Waals surface area contributed by atoms with Gasteiger partial charge in [0, 0.05) is 29.4 Å². The van der Waals surface area contributed by atoms with Crippen LogP contribution in [0.25, 0.3) is 0 Å². The SMILES string of the molecule is CCN(C(=O)c1ccc(NC(=O)c2ccccc2)cc1)C1CCCCC1. The van der Waals surface area contributed by atoms with Gasteiger partial charge in [0.25, 0.3) is 11.8 Å². The summed E-state index contributed by atoms with van der Waals surface area (Å²) in [6.07, 6.45) is 5.89. The normalized spacial score (nSPS) is 14.7. The molecule has 0 unspecified atom stereocenters. The molecule has 1 N–H and O–H groups in total. The van der Waals surface area contributed by atoms with Gasteiger partial charge < -0.3 is 10.2 Å². The van der Waals surface area contributed by atoms with E-state index in [1.54, 1.807) is 36.4 Å². The molecule has 1 aliphatic rings. The smallest absolute Gasteiger partial charge is 0.255 e. The third-order valence-electron chi connectivity index (χ3n) is 5.04. The highest BCUT2D eigenvalue weighted by Gasteiger charge is 2.24. The van der Waals surface area contributed by atoms with Gasteiger partial charge in [-0.25, -0.2) is 0 Å². The topological polar surface area (TPSA) is 49.4 Å². The van der Waals surface area contributed by atoms with Crippen molar-refractivity contribution in [3.63, 3.8) is 0 Å². The van der Waals surface area contributed by atoms with Gasteiger partial charge in [-0.15, -0.1) is 0 Å². The number of benzene rings is 2. The van der Waals surface area contributed by atoms with E-state index in [0.29, 0.717) is 22.9 Å². The second-order valence-electron chi connectivity index (χ2n) is 6.78. The summed E-state index contributed by atoms with van der Waals surface area (Å²) in [4.78, 5) is 27.1. The van der Waals surface area contributed by atoms with Crippen molar-refractivity contribution in [1.82, 2.24) is 4.90 Å². The summed E-state index contributed by atoms with van der Waals surface area (Å²) >= 11 is 0. The third kappa shape index (κ3) is 4.31. The number of carbonyl (C=O) groups excluding carboxylic acids is 2. The summed E-state index contributed by atoms with van der Waals surface area (Å²) in [7, 11) is 0. The minimum absolute atomic E-state index is 0.0836. The van der Waals surface area contributed by atoms with Crippen LogP contribution >= 0.6 is 0 Å². The first-order valence-corrected chi connectivity index (χ1v) is 9.46. The van der Waals surface area contributed by atoms with E-state index in [0.717, 1.165) is 19.4 Å². The summed E-state index contributed by atoms with van der Waals surface area (Å²) in [5.41, 5.74) is 1.98. The van der Waals surface area contributed by atoms with E-state index in [9.17, 15) is 9.59 Å². The molecule has 0 spiro atoms. The first-order valence-electron chi connectivity index (χ1n) is 9.46. The lowest BCUT2D eigenvalue weighted by atomic mass is 9.93. The zero-order valence-electron chi connectivity index (χ0n) is 15.3. The Kier molecular flexibility index (Phi) is 6.05. The third-order valence-corrected chi connectivity index (χ3v) is 5.04. The summed E-state index contributed by atoms with van der Waals surface area (Å²) in [6, 6.07) is 16.6. The van der Waals surface area contributed by atoms with Crippen LogP contribution in [0.2, 0.25) is 0 Å². The number of carbonyl (C=O) groups is 2. The van der Waals surface area contributed by atoms with Crippen molar-refractivity contribution in [2.45, 2.75) is 45.1 Å². The molecule has 26 heavy (non-hydrogen) atoms. The molecular weight excluding hydrogens is 324 g/mol.